The third-order valence-corrected chi connectivity index (χ3v) is 4.47. The monoisotopic (exact) mass is 296 g/mol. The maximum Gasteiger partial charge on any atom is 0.124 e. The summed E-state index contributed by atoms with van der Waals surface area (Å²) in [7, 11) is 3.77. The van der Waals surface area contributed by atoms with Crippen molar-refractivity contribution in [3.8, 4) is 5.75 Å². The molecule has 3 heteroatoms. The molecule has 0 fully saturated rings. The Morgan fingerprint density at radius 1 is 1.14 bits per heavy atom. The van der Waals surface area contributed by atoms with Crippen LogP contribution in [0.25, 0.3) is 0 Å². The third-order valence-electron chi connectivity index (χ3n) is 4.47. The van der Waals surface area contributed by atoms with Crippen molar-refractivity contribution in [2.75, 3.05) is 32.1 Å². The first kappa shape index (κ1) is 14.9. The van der Waals surface area contributed by atoms with Crippen molar-refractivity contribution in [1.82, 2.24) is 5.32 Å². The van der Waals surface area contributed by atoms with Crippen molar-refractivity contribution in [2.24, 2.45) is 0 Å². The van der Waals surface area contributed by atoms with E-state index in [1.165, 1.54) is 16.8 Å². The highest BCUT2D eigenvalue weighted by atomic mass is 16.5. The minimum atomic E-state index is 0.405. The molecular formula is C19H24N2O. The van der Waals surface area contributed by atoms with Gasteiger partial charge in [-0.05, 0) is 44.1 Å². The van der Waals surface area contributed by atoms with Crippen LogP contribution in [0.3, 0.4) is 0 Å². The molecule has 0 bridgehead atoms. The molecular weight excluding hydrogens is 272 g/mol. The first-order valence-corrected chi connectivity index (χ1v) is 7.97. The van der Waals surface area contributed by atoms with E-state index in [2.05, 4.69) is 58.7 Å². The molecule has 1 aliphatic heterocycles. The van der Waals surface area contributed by atoms with Crippen molar-refractivity contribution < 1.29 is 4.74 Å². The third kappa shape index (κ3) is 2.81. The lowest BCUT2D eigenvalue weighted by atomic mass is 10.0. The molecule has 3 rings (SSSR count). The lowest BCUT2D eigenvalue weighted by Gasteiger charge is -2.31. The fourth-order valence-electron chi connectivity index (χ4n) is 3.40. The number of hydrogen-bond donors (Lipinski definition) is 1. The molecule has 0 spiro atoms. The first-order valence-electron chi connectivity index (χ1n) is 7.97. The molecule has 0 radical (unpaired) electrons. The van der Waals surface area contributed by atoms with Gasteiger partial charge in [-0.2, -0.15) is 0 Å². The summed E-state index contributed by atoms with van der Waals surface area (Å²) >= 11 is 0. The second-order valence-corrected chi connectivity index (χ2v) is 5.72. The number of fused-ring (bicyclic) bond motifs is 1. The Balaban J connectivity index is 1.94. The van der Waals surface area contributed by atoms with Crippen molar-refractivity contribution in [3.05, 3.63) is 59.7 Å². The number of nitrogens with one attached hydrogen (secondary N) is 1. The fourth-order valence-corrected chi connectivity index (χ4v) is 3.40. The van der Waals surface area contributed by atoms with E-state index in [0.717, 1.165) is 31.7 Å². The van der Waals surface area contributed by atoms with Gasteiger partial charge in [0.25, 0.3) is 0 Å². The molecule has 3 nitrogen and oxygen atoms in total. The fraction of sp³-hybridized carbons (Fsp3) is 0.368. The van der Waals surface area contributed by atoms with E-state index in [0.29, 0.717) is 6.04 Å². The molecule has 1 N–H and O–H groups in total. The summed E-state index contributed by atoms with van der Waals surface area (Å²) in [5, 5.41) is 3.29. The van der Waals surface area contributed by atoms with Crippen molar-refractivity contribution >= 4 is 5.69 Å². The molecule has 1 heterocycles. The molecule has 0 saturated carbocycles. The molecule has 0 aliphatic carbocycles. The van der Waals surface area contributed by atoms with Crippen LogP contribution in [0, 0.1) is 0 Å². The summed E-state index contributed by atoms with van der Waals surface area (Å²) in [6.45, 7) is 2.06. The summed E-state index contributed by atoms with van der Waals surface area (Å²) in [5.41, 5.74) is 4.05. The Labute approximate surface area is 132 Å². The Kier molecular flexibility index (Phi) is 4.64. The number of ether oxygens (including phenoxy) is 1. The zero-order valence-corrected chi connectivity index (χ0v) is 13.4. The Bertz CT molecular complexity index is 612. The summed E-state index contributed by atoms with van der Waals surface area (Å²) in [4.78, 5) is 2.53. The van der Waals surface area contributed by atoms with Crippen LogP contribution in [-0.4, -0.2) is 27.2 Å². The molecule has 1 unspecified atom stereocenters. The zero-order valence-electron chi connectivity index (χ0n) is 13.4. The van der Waals surface area contributed by atoms with Crippen LogP contribution >= 0.6 is 0 Å². The molecule has 116 valence electrons. The van der Waals surface area contributed by atoms with Crippen molar-refractivity contribution in [1.29, 1.82) is 0 Å². The van der Waals surface area contributed by atoms with Gasteiger partial charge >= 0.3 is 0 Å². The minimum Gasteiger partial charge on any atom is -0.496 e. The van der Waals surface area contributed by atoms with Gasteiger partial charge in [-0.25, -0.2) is 0 Å². The molecule has 2 aromatic carbocycles. The van der Waals surface area contributed by atoms with Gasteiger partial charge in [-0.15, -0.1) is 0 Å². The van der Waals surface area contributed by atoms with Crippen LogP contribution in [0.2, 0.25) is 0 Å². The molecule has 0 saturated heterocycles. The average Bonchev–Trinajstić information content (AvgIpc) is 3.00. The standard InChI is InChI=1S/C19H24N2O/c1-20-13-11-17(15-7-4-3-5-8-15)21-14-12-16-18(21)9-6-10-19(16)22-2/h3-10,17,20H,11-14H2,1-2H3. The topological polar surface area (TPSA) is 24.5 Å². The molecule has 0 aromatic heterocycles. The number of rotatable bonds is 6. The number of nitrogens with zero attached hydrogens (tertiary/aromatic N) is 1. The van der Waals surface area contributed by atoms with E-state index in [1.807, 2.05) is 7.05 Å². The summed E-state index contributed by atoms with van der Waals surface area (Å²) in [6.07, 6.45) is 2.15. The number of methoxy groups -OCH3 is 1. The molecule has 0 amide bonds. The molecule has 1 atom stereocenters. The van der Waals surface area contributed by atoms with Crippen LogP contribution in [0.1, 0.15) is 23.6 Å². The van der Waals surface area contributed by atoms with Gasteiger partial charge in [0.05, 0.1) is 13.2 Å². The Morgan fingerprint density at radius 2 is 1.95 bits per heavy atom. The van der Waals surface area contributed by atoms with Gasteiger partial charge in [-0.1, -0.05) is 36.4 Å². The smallest absolute Gasteiger partial charge is 0.124 e. The lowest BCUT2D eigenvalue weighted by molar-refractivity contribution is 0.411. The molecule has 2 aromatic rings. The van der Waals surface area contributed by atoms with E-state index >= 15 is 0 Å². The van der Waals surface area contributed by atoms with E-state index in [4.69, 9.17) is 4.74 Å². The SMILES string of the molecule is CNCCC(c1ccccc1)N1CCc2c(OC)cccc21. The highest BCUT2D eigenvalue weighted by molar-refractivity contribution is 5.64. The van der Waals surface area contributed by atoms with Crippen molar-refractivity contribution in [2.45, 2.75) is 18.9 Å². The quantitative estimate of drug-likeness (QED) is 0.884. The zero-order chi connectivity index (χ0) is 15.4. The van der Waals surface area contributed by atoms with Crippen LogP contribution in [0.15, 0.2) is 48.5 Å². The van der Waals surface area contributed by atoms with E-state index in [1.54, 1.807) is 7.11 Å². The predicted molar refractivity (Wildman–Crippen MR) is 91.8 cm³/mol. The van der Waals surface area contributed by atoms with E-state index in [9.17, 15) is 0 Å². The number of hydrogen-bond acceptors (Lipinski definition) is 3. The number of anilines is 1. The summed E-state index contributed by atoms with van der Waals surface area (Å²) < 4.78 is 5.53. The lowest BCUT2D eigenvalue weighted by Crippen LogP contribution is -2.29. The Hall–Kier alpha value is -2.00. The first-order chi connectivity index (χ1) is 10.8. The van der Waals surface area contributed by atoms with Gasteiger partial charge in [0, 0.05) is 17.8 Å². The molecule has 1 aliphatic rings. The minimum absolute atomic E-state index is 0.405. The van der Waals surface area contributed by atoms with Gasteiger partial charge in [-0.3, -0.25) is 0 Å². The summed E-state index contributed by atoms with van der Waals surface area (Å²) in [5.74, 6) is 1.01. The Morgan fingerprint density at radius 3 is 2.68 bits per heavy atom. The van der Waals surface area contributed by atoms with Gasteiger partial charge in [0.1, 0.15) is 5.75 Å². The maximum atomic E-state index is 5.53. The van der Waals surface area contributed by atoms with E-state index in [-0.39, 0.29) is 0 Å². The van der Waals surface area contributed by atoms with Gasteiger partial charge < -0.3 is 15.0 Å². The van der Waals surface area contributed by atoms with E-state index < -0.39 is 0 Å². The largest absolute Gasteiger partial charge is 0.496 e. The highest BCUT2D eigenvalue weighted by Gasteiger charge is 2.28. The summed E-state index contributed by atoms with van der Waals surface area (Å²) in [6, 6.07) is 17.6. The number of benzene rings is 2. The maximum absolute atomic E-state index is 5.53. The predicted octanol–water partition coefficient (Wildman–Crippen LogP) is 3.41. The van der Waals surface area contributed by atoms with Crippen molar-refractivity contribution in [3.63, 3.8) is 0 Å². The van der Waals surface area contributed by atoms with Gasteiger partial charge in [0.2, 0.25) is 0 Å². The van der Waals surface area contributed by atoms with Gasteiger partial charge in [0.15, 0.2) is 0 Å². The van der Waals surface area contributed by atoms with Crippen LogP contribution in [-0.2, 0) is 6.42 Å². The van der Waals surface area contributed by atoms with Crippen LogP contribution in [0.4, 0.5) is 5.69 Å². The van der Waals surface area contributed by atoms with Crippen LogP contribution in [0.5, 0.6) is 5.75 Å². The highest BCUT2D eigenvalue weighted by Crippen LogP contribution is 2.40. The second-order valence-electron chi connectivity index (χ2n) is 5.72. The van der Waals surface area contributed by atoms with Crippen LogP contribution < -0.4 is 15.0 Å². The molecule has 22 heavy (non-hydrogen) atoms. The second kappa shape index (κ2) is 6.84. The normalized spacial score (nSPS) is 14.7. The average molecular weight is 296 g/mol.